The molecule has 0 fully saturated rings. The van der Waals surface area contributed by atoms with E-state index in [1.807, 2.05) is 60.7 Å². The molecule has 1 aliphatic heterocycles. The zero-order valence-electron chi connectivity index (χ0n) is 13.0. The predicted octanol–water partition coefficient (Wildman–Crippen LogP) is 2.80. The SMILES string of the molecule is CS(=O)(=O)c1nnc2n1C=Cc1ccccc1C2c1ccccc1. The Balaban J connectivity index is 2.04. The van der Waals surface area contributed by atoms with Crippen LogP contribution in [0, 0.1) is 0 Å². The lowest BCUT2D eigenvalue weighted by molar-refractivity contribution is 0.590. The number of rotatable bonds is 2. The van der Waals surface area contributed by atoms with Gasteiger partial charge in [-0.05, 0) is 22.8 Å². The molecule has 0 aliphatic carbocycles. The fraction of sp³-hybridized carbons (Fsp3) is 0.111. The molecule has 0 saturated heterocycles. The largest absolute Gasteiger partial charge is 0.276 e. The Morgan fingerprint density at radius 1 is 0.958 bits per heavy atom. The number of hydrogen-bond acceptors (Lipinski definition) is 4. The van der Waals surface area contributed by atoms with E-state index in [4.69, 9.17) is 0 Å². The van der Waals surface area contributed by atoms with Crippen LogP contribution in [0.2, 0.25) is 0 Å². The van der Waals surface area contributed by atoms with Gasteiger partial charge in [-0.15, -0.1) is 10.2 Å². The summed E-state index contributed by atoms with van der Waals surface area (Å²) in [4.78, 5) is 0. The molecule has 0 saturated carbocycles. The van der Waals surface area contributed by atoms with Gasteiger partial charge < -0.3 is 0 Å². The molecular weight excluding hydrogens is 322 g/mol. The molecular formula is C18H15N3O2S. The number of nitrogens with zero attached hydrogens (tertiary/aromatic N) is 3. The summed E-state index contributed by atoms with van der Waals surface area (Å²) >= 11 is 0. The lowest BCUT2D eigenvalue weighted by Gasteiger charge is -2.17. The van der Waals surface area contributed by atoms with Crippen molar-refractivity contribution in [2.75, 3.05) is 6.26 Å². The second kappa shape index (κ2) is 5.42. The molecule has 0 radical (unpaired) electrons. The van der Waals surface area contributed by atoms with Crippen LogP contribution < -0.4 is 0 Å². The van der Waals surface area contributed by atoms with Crippen LogP contribution in [0.3, 0.4) is 0 Å². The van der Waals surface area contributed by atoms with Crippen molar-refractivity contribution in [3.63, 3.8) is 0 Å². The minimum Gasteiger partial charge on any atom is -0.276 e. The van der Waals surface area contributed by atoms with Crippen molar-refractivity contribution in [3.8, 4) is 0 Å². The van der Waals surface area contributed by atoms with E-state index in [1.165, 1.54) is 0 Å². The lowest BCUT2D eigenvalue weighted by Crippen LogP contribution is -2.11. The summed E-state index contributed by atoms with van der Waals surface area (Å²) in [5.74, 6) is 0.420. The van der Waals surface area contributed by atoms with Gasteiger partial charge in [-0.2, -0.15) is 0 Å². The summed E-state index contributed by atoms with van der Waals surface area (Å²) in [5, 5.41) is 8.12. The third-order valence-corrected chi connectivity index (χ3v) is 5.07. The summed E-state index contributed by atoms with van der Waals surface area (Å²) in [6, 6.07) is 17.9. The second-order valence-electron chi connectivity index (χ2n) is 5.77. The molecule has 0 amide bonds. The van der Waals surface area contributed by atoms with Crippen LogP contribution >= 0.6 is 0 Å². The van der Waals surface area contributed by atoms with E-state index in [0.29, 0.717) is 5.82 Å². The zero-order valence-corrected chi connectivity index (χ0v) is 13.8. The first-order valence-electron chi connectivity index (χ1n) is 7.52. The Bertz CT molecular complexity index is 1040. The fourth-order valence-electron chi connectivity index (χ4n) is 3.07. The molecule has 4 rings (SSSR count). The van der Waals surface area contributed by atoms with Crippen LogP contribution in [0.5, 0.6) is 0 Å². The van der Waals surface area contributed by atoms with Crippen molar-refractivity contribution >= 4 is 22.1 Å². The van der Waals surface area contributed by atoms with Crippen LogP contribution in [0.15, 0.2) is 59.8 Å². The van der Waals surface area contributed by atoms with Gasteiger partial charge in [0.2, 0.25) is 9.84 Å². The van der Waals surface area contributed by atoms with Crippen LogP contribution in [0.1, 0.15) is 28.4 Å². The highest BCUT2D eigenvalue weighted by atomic mass is 32.2. The third-order valence-electron chi connectivity index (χ3n) is 4.12. The number of benzene rings is 2. The van der Waals surface area contributed by atoms with Gasteiger partial charge in [0.25, 0.3) is 5.16 Å². The average molecular weight is 337 g/mol. The summed E-state index contributed by atoms with van der Waals surface area (Å²) in [6.07, 6.45) is 4.78. The standard InChI is InChI=1S/C18H15N3O2S/c1-24(22,23)18-20-19-17-16(14-8-3-2-4-9-14)15-10-6-5-7-13(15)11-12-21(17)18/h2-12,16H,1H3. The summed E-state index contributed by atoms with van der Waals surface area (Å²) in [5.41, 5.74) is 3.16. The van der Waals surface area contributed by atoms with Gasteiger partial charge in [0.15, 0.2) is 0 Å². The number of aromatic nitrogens is 3. The van der Waals surface area contributed by atoms with Crippen molar-refractivity contribution in [2.24, 2.45) is 0 Å². The highest BCUT2D eigenvalue weighted by Crippen LogP contribution is 2.36. The average Bonchev–Trinajstić information content (AvgIpc) is 2.92. The van der Waals surface area contributed by atoms with Crippen LogP contribution in [-0.4, -0.2) is 29.4 Å². The molecule has 1 aromatic heterocycles. The van der Waals surface area contributed by atoms with Crippen molar-refractivity contribution in [2.45, 2.75) is 11.1 Å². The first-order chi connectivity index (χ1) is 11.6. The highest BCUT2D eigenvalue weighted by molar-refractivity contribution is 7.90. The maximum absolute atomic E-state index is 12.0. The number of fused-ring (bicyclic) bond motifs is 2. The molecule has 3 aromatic rings. The maximum Gasteiger partial charge on any atom is 0.253 e. The molecule has 24 heavy (non-hydrogen) atoms. The van der Waals surface area contributed by atoms with E-state index >= 15 is 0 Å². The first kappa shape index (κ1) is 14.8. The number of sulfone groups is 1. The minimum absolute atomic E-state index is 0.0394. The van der Waals surface area contributed by atoms with Gasteiger partial charge in [0.05, 0.1) is 5.92 Å². The number of hydrogen-bond donors (Lipinski definition) is 0. The Morgan fingerprint density at radius 2 is 1.67 bits per heavy atom. The van der Waals surface area contributed by atoms with E-state index in [2.05, 4.69) is 10.2 Å². The van der Waals surface area contributed by atoms with Gasteiger partial charge in [-0.25, -0.2) is 8.42 Å². The molecule has 2 heterocycles. The lowest BCUT2D eigenvalue weighted by atomic mass is 9.88. The van der Waals surface area contributed by atoms with Crippen LogP contribution in [0.4, 0.5) is 0 Å². The quantitative estimate of drug-likeness (QED) is 0.564. The van der Waals surface area contributed by atoms with E-state index in [0.717, 1.165) is 22.9 Å². The maximum atomic E-state index is 12.0. The van der Waals surface area contributed by atoms with Crippen molar-refractivity contribution in [1.82, 2.24) is 14.8 Å². The fourth-order valence-corrected chi connectivity index (χ4v) is 3.77. The van der Waals surface area contributed by atoms with Crippen molar-refractivity contribution in [1.29, 1.82) is 0 Å². The van der Waals surface area contributed by atoms with E-state index in [-0.39, 0.29) is 11.1 Å². The van der Waals surface area contributed by atoms with Gasteiger partial charge in [-0.1, -0.05) is 54.6 Å². The van der Waals surface area contributed by atoms with E-state index < -0.39 is 9.84 Å². The van der Waals surface area contributed by atoms with Gasteiger partial charge in [0, 0.05) is 12.5 Å². The molecule has 1 unspecified atom stereocenters. The van der Waals surface area contributed by atoms with E-state index in [1.54, 1.807) is 10.8 Å². The van der Waals surface area contributed by atoms with Crippen LogP contribution in [-0.2, 0) is 9.84 Å². The molecule has 1 aliphatic rings. The van der Waals surface area contributed by atoms with E-state index in [9.17, 15) is 8.42 Å². The highest BCUT2D eigenvalue weighted by Gasteiger charge is 2.29. The molecule has 5 nitrogen and oxygen atoms in total. The Kier molecular flexibility index (Phi) is 3.35. The second-order valence-corrected chi connectivity index (χ2v) is 7.68. The predicted molar refractivity (Wildman–Crippen MR) is 92.2 cm³/mol. The summed E-state index contributed by atoms with van der Waals surface area (Å²) < 4.78 is 25.7. The third kappa shape index (κ3) is 2.35. The minimum atomic E-state index is -3.47. The Labute approximate surface area is 140 Å². The molecule has 120 valence electrons. The molecule has 2 aromatic carbocycles. The van der Waals surface area contributed by atoms with Gasteiger partial charge in [0.1, 0.15) is 5.82 Å². The Morgan fingerprint density at radius 3 is 2.42 bits per heavy atom. The first-order valence-corrected chi connectivity index (χ1v) is 9.42. The summed E-state index contributed by atoms with van der Waals surface area (Å²) in [6.45, 7) is 0. The molecule has 6 heteroatoms. The van der Waals surface area contributed by atoms with Crippen LogP contribution in [0.25, 0.3) is 12.3 Å². The van der Waals surface area contributed by atoms with Crippen molar-refractivity contribution in [3.05, 3.63) is 77.1 Å². The smallest absolute Gasteiger partial charge is 0.253 e. The topological polar surface area (TPSA) is 64.8 Å². The summed E-state index contributed by atoms with van der Waals surface area (Å²) in [7, 11) is -3.47. The van der Waals surface area contributed by atoms with Crippen molar-refractivity contribution < 1.29 is 8.42 Å². The molecule has 0 bridgehead atoms. The molecule has 0 spiro atoms. The molecule has 0 N–H and O–H groups in total. The normalized spacial score (nSPS) is 16.3. The monoisotopic (exact) mass is 337 g/mol. The van der Waals surface area contributed by atoms with Gasteiger partial charge >= 0.3 is 0 Å². The van der Waals surface area contributed by atoms with Gasteiger partial charge in [-0.3, -0.25) is 4.57 Å². The Hall–Kier alpha value is -2.73. The molecule has 1 atom stereocenters. The zero-order chi connectivity index (χ0) is 16.7.